The molecule has 8 heteroatoms. The lowest BCUT2D eigenvalue weighted by Crippen LogP contribution is -2.19. The van der Waals surface area contributed by atoms with Crippen molar-refractivity contribution in [3.05, 3.63) is 71.4 Å². The first-order valence-electron chi connectivity index (χ1n) is 9.07. The van der Waals surface area contributed by atoms with Gasteiger partial charge in [0.2, 0.25) is 5.91 Å². The maximum atomic E-state index is 12.5. The highest BCUT2D eigenvalue weighted by molar-refractivity contribution is 6.30. The molecule has 1 amide bonds. The Morgan fingerprint density at radius 1 is 1.10 bits per heavy atom. The van der Waals surface area contributed by atoms with Crippen LogP contribution in [-0.2, 0) is 9.53 Å². The number of nitrogens with zero attached hydrogens (tertiary/aromatic N) is 2. The molecule has 3 aromatic rings. The molecule has 0 aliphatic carbocycles. The zero-order chi connectivity index (χ0) is 20.6. The minimum absolute atomic E-state index is 0.0882. The zero-order valence-corrected chi connectivity index (χ0v) is 16.6. The molecule has 0 radical (unpaired) electrons. The number of anilines is 1. The van der Waals surface area contributed by atoms with Crippen LogP contribution in [-0.4, -0.2) is 34.9 Å². The topological polar surface area (TPSA) is 82.5 Å². The predicted octanol–water partition coefficient (Wildman–Crippen LogP) is 4.11. The van der Waals surface area contributed by atoms with E-state index < -0.39 is 5.97 Å². The number of carbonyl (C=O) groups is 2. The molecule has 0 saturated heterocycles. The Morgan fingerprint density at radius 2 is 1.83 bits per heavy atom. The van der Waals surface area contributed by atoms with E-state index in [1.807, 2.05) is 30.3 Å². The number of amides is 1. The third kappa shape index (κ3) is 5.36. The van der Waals surface area contributed by atoms with Crippen LogP contribution < -0.4 is 10.1 Å². The molecule has 0 aliphatic rings. The van der Waals surface area contributed by atoms with E-state index in [2.05, 4.69) is 10.4 Å². The van der Waals surface area contributed by atoms with E-state index in [1.165, 1.54) is 10.9 Å². The summed E-state index contributed by atoms with van der Waals surface area (Å²) in [7, 11) is 0. The highest BCUT2D eigenvalue weighted by Crippen LogP contribution is 2.22. The maximum absolute atomic E-state index is 12.5. The number of para-hydroxylation sites is 1. The Morgan fingerprint density at radius 3 is 2.52 bits per heavy atom. The van der Waals surface area contributed by atoms with Crippen LogP contribution in [0.25, 0.3) is 5.69 Å². The van der Waals surface area contributed by atoms with Crippen molar-refractivity contribution in [2.45, 2.75) is 13.3 Å². The number of aromatic nitrogens is 2. The Kier molecular flexibility index (Phi) is 6.86. The molecular formula is C21H20ClN3O4. The van der Waals surface area contributed by atoms with Gasteiger partial charge >= 0.3 is 5.97 Å². The van der Waals surface area contributed by atoms with Gasteiger partial charge in [-0.1, -0.05) is 29.8 Å². The molecule has 29 heavy (non-hydrogen) atoms. The second kappa shape index (κ2) is 9.75. The molecule has 0 spiro atoms. The number of hydrogen-bond acceptors (Lipinski definition) is 5. The minimum atomic E-state index is -0.553. The monoisotopic (exact) mass is 413 g/mol. The molecule has 1 aromatic heterocycles. The molecule has 0 bridgehead atoms. The summed E-state index contributed by atoms with van der Waals surface area (Å²) in [5.74, 6) is -0.000489. The first-order valence-corrected chi connectivity index (χ1v) is 9.45. The standard InChI is InChI=1S/C21H20ClN3O4/c1-2-28-21(27)18-14-23-25(16-6-4-3-5-7-16)20(18)24-19(26)12-13-29-17-10-8-15(22)9-11-17/h3-11,14H,2,12-13H2,1H3,(H,24,26). The van der Waals surface area contributed by atoms with Gasteiger partial charge in [0.15, 0.2) is 5.82 Å². The normalized spacial score (nSPS) is 10.4. The molecule has 1 heterocycles. The quantitative estimate of drug-likeness (QED) is 0.562. The summed E-state index contributed by atoms with van der Waals surface area (Å²) in [6, 6.07) is 16.1. The van der Waals surface area contributed by atoms with Crippen LogP contribution in [0.3, 0.4) is 0 Å². The Bertz CT molecular complexity index is 971. The lowest BCUT2D eigenvalue weighted by atomic mass is 10.3. The lowest BCUT2D eigenvalue weighted by Gasteiger charge is -2.11. The average molecular weight is 414 g/mol. The van der Waals surface area contributed by atoms with Crippen LogP contribution in [0.15, 0.2) is 60.8 Å². The third-order valence-corrected chi connectivity index (χ3v) is 4.19. The minimum Gasteiger partial charge on any atom is -0.493 e. The fraction of sp³-hybridized carbons (Fsp3) is 0.190. The van der Waals surface area contributed by atoms with Crippen molar-refractivity contribution in [3.8, 4) is 11.4 Å². The number of carbonyl (C=O) groups excluding carboxylic acids is 2. The second-order valence-electron chi connectivity index (χ2n) is 5.98. The van der Waals surface area contributed by atoms with Crippen molar-refractivity contribution in [3.63, 3.8) is 0 Å². The summed E-state index contributed by atoms with van der Waals surface area (Å²) in [6.45, 7) is 2.10. The number of halogens is 1. The first-order chi connectivity index (χ1) is 14.1. The van der Waals surface area contributed by atoms with Crippen molar-refractivity contribution in [2.75, 3.05) is 18.5 Å². The summed E-state index contributed by atoms with van der Waals surface area (Å²) in [5.41, 5.74) is 0.887. The fourth-order valence-electron chi connectivity index (χ4n) is 2.58. The number of ether oxygens (including phenoxy) is 2. The van der Waals surface area contributed by atoms with Crippen LogP contribution in [0, 0.1) is 0 Å². The molecule has 0 saturated carbocycles. The summed E-state index contributed by atoms with van der Waals surface area (Å²) in [4.78, 5) is 24.7. The third-order valence-electron chi connectivity index (χ3n) is 3.93. The van der Waals surface area contributed by atoms with E-state index in [0.29, 0.717) is 16.5 Å². The van der Waals surface area contributed by atoms with E-state index in [0.717, 1.165) is 0 Å². The lowest BCUT2D eigenvalue weighted by molar-refractivity contribution is -0.116. The van der Waals surface area contributed by atoms with Gasteiger partial charge in [0.1, 0.15) is 11.3 Å². The van der Waals surface area contributed by atoms with Crippen molar-refractivity contribution in [1.29, 1.82) is 0 Å². The Balaban J connectivity index is 1.72. The molecule has 0 fully saturated rings. The van der Waals surface area contributed by atoms with Crippen molar-refractivity contribution < 1.29 is 19.1 Å². The van der Waals surface area contributed by atoms with E-state index >= 15 is 0 Å². The Labute approximate surface area is 173 Å². The SMILES string of the molecule is CCOC(=O)c1cnn(-c2ccccc2)c1NC(=O)CCOc1ccc(Cl)cc1. The number of hydrogen-bond donors (Lipinski definition) is 1. The summed E-state index contributed by atoms with van der Waals surface area (Å²) in [5, 5.41) is 7.60. The zero-order valence-electron chi connectivity index (χ0n) is 15.8. The van der Waals surface area contributed by atoms with Gasteiger partial charge < -0.3 is 14.8 Å². The van der Waals surface area contributed by atoms with E-state index in [4.69, 9.17) is 21.1 Å². The van der Waals surface area contributed by atoms with Crippen LogP contribution in [0.4, 0.5) is 5.82 Å². The molecule has 0 atom stereocenters. The van der Waals surface area contributed by atoms with Gasteiger partial charge in [-0.3, -0.25) is 4.79 Å². The van der Waals surface area contributed by atoms with Crippen LogP contribution in [0.1, 0.15) is 23.7 Å². The molecular weight excluding hydrogens is 394 g/mol. The van der Waals surface area contributed by atoms with Gasteiger partial charge in [0, 0.05) is 5.02 Å². The van der Waals surface area contributed by atoms with E-state index in [1.54, 1.807) is 31.2 Å². The van der Waals surface area contributed by atoms with Gasteiger partial charge in [0.05, 0.1) is 31.5 Å². The van der Waals surface area contributed by atoms with Crippen molar-refractivity contribution in [2.24, 2.45) is 0 Å². The molecule has 7 nitrogen and oxygen atoms in total. The van der Waals surface area contributed by atoms with Crippen LogP contribution in [0.5, 0.6) is 5.75 Å². The number of rotatable bonds is 8. The Hall–Kier alpha value is -3.32. The number of nitrogens with one attached hydrogen (secondary N) is 1. The fourth-order valence-corrected chi connectivity index (χ4v) is 2.70. The molecule has 150 valence electrons. The van der Waals surface area contributed by atoms with Gasteiger partial charge in [-0.05, 0) is 43.3 Å². The second-order valence-corrected chi connectivity index (χ2v) is 6.41. The molecule has 3 rings (SSSR count). The van der Waals surface area contributed by atoms with Gasteiger partial charge in [-0.2, -0.15) is 5.10 Å². The number of esters is 1. The average Bonchev–Trinajstić information content (AvgIpc) is 3.14. The molecule has 1 N–H and O–H groups in total. The highest BCUT2D eigenvalue weighted by atomic mass is 35.5. The van der Waals surface area contributed by atoms with E-state index in [-0.39, 0.29) is 36.9 Å². The predicted molar refractivity (Wildman–Crippen MR) is 110 cm³/mol. The maximum Gasteiger partial charge on any atom is 0.343 e. The summed E-state index contributed by atoms with van der Waals surface area (Å²) in [6.07, 6.45) is 1.47. The molecule has 0 unspecified atom stereocenters. The molecule has 2 aromatic carbocycles. The molecule has 0 aliphatic heterocycles. The summed E-state index contributed by atoms with van der Waals surface area (Å²) >= 11 is 5.84. The summed E-state index contributed by atoms with van der Waals surface area (Å²) < 4.78 is 12.1. The van der Waals surface area contributed by atoms with Crippen molar-refractivity contribution >= 4 is 29.3 Å². The van der Waals surface area contributed by atoms with Gasteiger partial charge in [-0.25, -0.2) is 9.48 Å². The largest absolute Gasteiger partial charge is 0.493 e. The smallest absolute Gasteiger partial charge is 0.343 e. The highest BCUT2D eigenvalue weighted by Gasteiger charge is 2.21. The van der Waals surface area contributed by atoms with Gasteiger partial charge in [-0.15, -0.1) is 0 Å². The van der Waals surface area contributed by atoms with Crippen LogP contribution >= 0.6 is 11.6 Å². The van der Waals surface area contributed by atoms with Gasteiger partial charge in [0.25, 0.3) is 0 Å². The van der Waals surface area contributed by atoms with E-state index in [9.17, 15) is 9.59 Å². The van der Waals surface area contributed by atoms with Crippen molar-refractivity contribution in [1.82, 2.24) is 9.78 Å². The number of benzene rings is 2. The first kappa shape index (κ1) is 20.4. The van der Waals surface area contributed by atoms with Crippen LogP contribution in [0.2, 0.25) is 5.02 Å².